The van der Waals surface area contributed by atoms with Gasteiger partial charge in [-0.05, 0) is 50.5 Å². The van der Waals surface area contributed by atoms with Gasteiger partial charge in [-0.1, -0.05) is 20.3 Å². The highest BCUT2D eigenvalue weighted by atomic mass is 32.2. The monoisotopic (exact) mass is 246 g/mol. The van der Waals surface area contributed by atoms with Gasteiger partial charge in [-0.2, -0.15) is 11.8 Å². The first-order valence-corrected chi connectivity index (χ1v) is 7.33. The molecule has 0 bridgehead atoms. The number of rotatable bonds is 9. The molecule has 0 amide bonds. The second-order valence-electron chi connectivity index (χ2n) is 5.44. The largest absolute Gasteiger partial charge is 0.481 e. The third-order valence-corrected chi connectivity index (χ3v) is 3.86. The molecule has 1 N–H and O–H groups in total. The second-order valence-corrected chi connectivity index (χ2v) is 6.67. The number of aliphatic carboxylic acids is 1. The first-order valence-electron chi connectivity index (χ1n) is 6.17. The molecule has 96 valence electrons. The molecule has 3 heteroatoms. The van der Waals surface area contributed by atoms with Crippen molar-refractivity contribution in [2.75, 3.05) is 11.5 Å². The number of carboxylic acid groups (broad SMARTS) is 1. The quantitative estimate of drug-likeness (QED) is 0.624. The van der Waals surface area contributed by atoms with Crippen LogP contribution in [0.3, 0.4) is 0 Å². The molecule has 0 aromatic heterocycles. The van der Waals surface area contributed by atoms with Crippen molar-refractivity contribution < 1.29 is 9.90 Å². The zero-order valence-electron chi connectivity index (χ0n) is 11.1. The van der Waals surface area contributed by atoms with E-state index in [1.54, 1.807) is 13.8 Å². The van der Waals surface area contributed by atoms with Crippen LogP contribution in [0, 0.1) is 11.3 Å². The van der Waals surface area contributed by atoms with E-state index in [0.717, 1.165) is 25.2 Å². The standard InChI is InChI=1S/C13H26O2S/c1-11(2)7-10-16-9-6-5-8-13(3,4)12(14)15/h11H,5-10H2,1-4H3,(H,14,15). The van der Waals surface area contributed by atoms with E-state index >= 15 is 0 Å². The molecule has 0 aromatic carbocycles. The highest BCUT2D eigenvalue weighted by Gasteiger charge is 2.25. The molecular formula is C13H26O2S. The summed E-state index contributed by atoms with van der Waals surface area (Å²) in [6.45, 7) is 8.11. The number of carbonyl (C=O) groups is 1. The van der Waals surface area contributed by atoms with Crippen LogP contribution < -0.4 is 0 Å². The van der Waals surface area contributed by atoms with E-state index in [-0.39, 0.29) is 0 Å². The van der Waals surface area contributed by atoms with Crippen molar-refractivity contribution >= 4 is 17.7 Å². The van der Waals surface area contributed by atoms with Crippen molar-refractivity contribution in [3.63, 3.8) is 0 Å². The van der Waals surface area contributed by atoms with E-state index in [4.69, 9.17) is 5.11 Å². The van der Waals surface area contributed by atoms with Gasteiger partial charge in [0, 0.05) is 0 Å². The van der Waals surface area contributed by atoms with E-state index in [1.165, 1.54) is 17.9 Å². The molecule has 2 nitrogen and oxygen atoms in total. The third kappa shape index (κ3) is 8.03. The molecule has 0 radical (unpaired) electrons. The summed E-state index contributed by atoms with van der Waals surface area (Å²) in [6, 6.07) is 0. The summed E-state index contributed by atoms with van der Waals surface area (Å²) in [5, 5.41) is 8.94. The van der Waals surface area contributed by atoms with Gasteiger partial charge in [0.15, 0.2) is 0 Å². The summed E-state index contributed by atoms with van der Waals surface area (Å²) in [5.74, 6) is 2.51. The molecule has 0 aliphatic heterocycles. The average Bonchev–Trinajstić information content (AvgIpc) is 2.15. The van der Waals surface area contributed by atoms with Crippen LogP contribution in [0.2, 0.25) is 0 Å². The fourth-order valence-corrected chi connectivity index (χ4v) is 2.55. The number of unbranched alkanes of at least 4 members (excludes halogenated alkanes) is 1. The van der Waals surface area contributed by atoms with Gasteiger partial charge in [-0.15, -0.1) is 0 Å². The lowest BCUT2D eigenvalue weighted by Crippen LogP contribution is -2.23. The van der Waals surface area contributed by atoms with Crippen LogP contribution in [0.15, 0.2) is 0 Å². The van der Waals surface area contributed by atoms with Crippen LogP contribution in [0.5, 0.6) is 0 Å². The fourth-order valence-electron chi connectivity index (χ4n) is 1.30. The minimum absolute atomic E-state index is 0.553. The van der Waals surface area contributed by atoms with Gasteiger partial charge in [0.2, 0.25) is 0 Å². The summed E-state index contributed by atoms with van der Waals surface area (Å²) in [7, 11) is 0. The molecule has 0 saturated carbocycles. The third-order valence-electron chi connectivity index (χ3n) is 2.76. The maximum atomic E-state index is 10.9. The van der Waals surface area contributed by atoms with Crippen LogP contribution in [0.1, 0.15) is 53.4 Å². The van der Waals surface area contributed by atoms with Crippen molar-refractivity contribution in [1.29, 1.82) is 0 Å². The lowest BCUT2D eigenvalue weighted by Gasteiger charge is -2.18. The van der Waals surface area contributed by atoms with Crippen LogP contribution in [-0.2, 0) is 4.79 Å². The molecule has 16 heavy (non-hydrogen) atoms. The van der Waals surface area contributed by atoms with E-state index in [9.17, 15) is 4.79 Å². The maximum Gasteiger partial charge on any atom is 0.309 e. The Balaban J connectivity index is 3.37. The Morgan fingerprint density at radius 1 is 1.25 bits per heavy atom. The van der Waals surface area contributed by atoms with Crippen LogP contribution in [0.4, 0.5) is 0 Å². The van der Waals surface area contributed by atoms with Gasteiger partial charge < -0.3 is 5.11 Å². The van der Waals surface area contributed by atoms with Crippen molar-refractivity contribution in [3.05, 3.63) is 0 Å². The fraction of sp³-hybridized carbons (Fsp3) is 0.923. The summed E-state index contributed by atoms with van der Waals surface area (Å²) in [4.78, 5) is 10.9. The van der Waals surface area contributed by atoms with Gasteiger partial charge in [0.05, 0.1) is 5.41 Å². The summed E-state index contributed by atoms with van der Waals surface area (Å²) in [5.41, 5.74) is -0.553. The predicted octanol–water partition coefficient (Wildman–Crippen LogP) is 4.05. The number of thioether (sulfide) groups is 1. The lowest BCUT2D eigenvalue weighted by atomic mass is 9.88. The Morgan fingerprint density at radius 2 is 1.88 bits per heavy atom. The molecule has 0 atom stereocenters. The molecule has 0 fully saturated rings. The molecule has 0 rings (SSSR count). The van der Waals surface area contributed by atoms with E-state index in [1.807, 2.05) is 11.8 Å². The Hall–Kier alpha value is -0.180. The van der Waals surface area contributed by atoms with Crippen molar-refractivity contribution in [2.45, 2.75) is 53.4 Å². The smallest absolute Gasteiger partial charge is 0.309 e. The number of hydrogen-bond donors (Lipinski definition) is 1. The Kier molecular flexibility index (Phi) is 7.90. The molecule has 0 aliphatic rings. The van der Waals surface area contributed by atoms with Crippen molar-refractivity contribution in [2.24, 2.45) is 11.3 Å². The van der Waals surface area contributed by atoms with E-state index in [2.05, 4.69) is 13.8 Å². The Bertz CT molecular complexity index is 200. The molecule has 0 unspecified atom stereocenters. The van der Waals surface area contributed by atoms with Gasteiger partial charge in [0.1, 0.15) is 0 Å². The summed E-state index contributed by atoms with van der Waals surface area (Å²) >= 11 is 1.99. The second kappa shape index (κ2) is 7.99. The lowest BCUT2D eigenvalue weighted by molar-refractivity contribution is -0.147. The number of carboxylic acids is 1. The Morgan fingerprint density at radius 3 is 2.38 bits per heavy atom. The zero-order chi connectivity index (χ0) is 12.6. The zero-order valence-corrected chi connectivity index (χ0v) is 11.9. The molecule has 0 heterocycles. The van der Waals surface area contributed by atoms with E-state index in [0.29, 0.717) is 0 Å². The highest BCUT2D eigenvalue weighted by molar-refractivity contribution is 7.99. The van der Waals surface area contributed by atoms with Gasteiger partial charge in [-0.25, -0.2) is 0 Å². The SMILES string of the molecule is CC(C)CCSCCCCC(C)(C)C(=O)O. The molecule has 0 aliphatic carbocycles. The Labute approximate surface area is 104 Å². The highest BCUT2D eigenvalue weighted by Crippen LogP contribution is 2.24. The van der Waals surface area contributed by atoms with E-state index < -0.39 is 11.4 Å². The van der Waals surface area contributed by atoms with Crippen molar-refractivity contribution in [1.82, 2.24) is 0 Å². The molecule has 0 spiro atoms. The minimum atomic E-state index is -0.681. The topological polar surface area (TPSA) is 37.3 Å². The van der Waals surface area contributed by atoms with Crippen LogP contribution in [0.25, 0.3) is 0 Å². The maximum absolute atomic E-state index is 10.9. The van der Waals surface area contributed by atoms with Crippen LogP contribution in [-0.4, -0.2) is 22.6 Å². The average molecular weight is 246 g/mol. The summed E-state index contributed by atoms with van der Waals surface area (Å²) < 4.78 is 0. The minimum Gasteiger partial charge on any atom is -0.481 e. The van der Waals surface area contributed by atoms with Gasteiger partial charge in [0.25, 0.3) is 0 Å². The van der Waals surface area contributed by atoms with Gasteiger partial charge in [-0.3, -0.25) is 4.79 Å². The molecule has 0 aromatic rings. The molecule has 0 saturated heterocycles. The normalized spacial score (nSPS) is 12.1. The first kappa shape index (κ1) is 15.8. The predicted molar refractivity (Wildman–Crippen MR) is 72.0 cm³/mol. The van der Waals surface area contributed by atoms with Crippen LogP contribution >= 0.6 is 11.8 Å². The van der Waals surface area contributed by atoms with Crippen molar-refractivity contribution in [3.8, 4) is 0 Å². The molecular weight excluding hydrogens is 220 g/mol. The number of hydrogen-bond acceptors (Lipinski definition) is 2. The first-order chi connectivity index (χ1) is 7.36. The van der Waals surface area contributed by atoms with Gasteiger partial charge >= 0.3 is 5.97 Å². The summed E-state index contributed by atoms with van der Waals surface area (Å²) in [6.07, 6.45) is 4.23.